The van der Waals surface area contributed by atoms with Gasteiger partial charge in [0.15, 0.2) is 0 Å². The van der Waals surface area contributed by atoms with Crippen molar-refractivity contribution in [2.45, 2.75) is 25.7 Å². The molecule has 0 atom stereocenters. The summed E-state index contributed by atoms with van der Waals surface area (Å²) in [6, 6.07) is 13.3. The number of hydrogen-bond acceptors (Lipinski definition) is 4. The Hall–Kier alpha value is -3.19. The zero-order chi connectivity index (χ0) is 20.8. The molecule has 4 amide bonds. The van der Waals surface area contributed by atoms with Crippen molar-refractivity contribution in [3.8, 4) is 0 Å². The van der Waals surface area contributed by atoms with E-state index in [0.29, 0.717) is 42.0 Å². The molecule has 0 radical (unpaired) electrons. The Labute approximate surface area is 173 Å². The van der Waals surface area contributed by atoms with E-state index in [9.17, 15) is 19.2 Å². The van der Waals surface area contributed by atoms with E-state index in [1.165, 1.54) is 4.90 Å². The standard InChI is InChI=1S/C21H20ClN3O4/c22-17-11-6-5-10-16(17)19(27)24-23-18(26)12-2-1-7-13-25-20(28)14-8-3-4-9-15(14)21(25)29/h3-6,8-11H,1-2,7,12-13H2,(H,23,26)(H,24,27). The second-order valence-corrected chi connectivity index (χ2v) is 7.01. The molecule has 3 rings (SSSR count). The van der Waals surface area contributed by atoms with Crippen LogP contribution in [0.3, 0.4) is 0 Å². The van der Waals surface area contributed by atoms with Gasteiger partial charge in [0.1, 0.15) is 0 Å². The molecular weight excluding hydrogens is 394 g/mol. The summed E-state index contributed by atoms with van der Waals surface area (Å²) in [6.45, 7) is 0.317. The van der Waals surface area contributed by atoms with Crippen LogP contribution in [-0.2, 0) is 4.79 Å². The highest BCUT2D eigenvalue weighted by Gasteiger charge is 2.34. The van der Waals surface area contributed by atoms with Crippen molar-refractivity contribution in [3.63, 3.8) is 0 Å². The smallest absolute Gasteiger partial charge is 0.271 e. The van der Waals surface area contributed by atoms with Gasteiger partial charge in [0.05, 0.1) is 21.7 Å². The van der Waals surface area contributed by atoms with Gasteiger partial charge in [-0.15, -0.1) is 0 Å². The Balaban J connectivity index is 1.34. The molecule has 29 heavy (non-hydrogen) atoms. The molecule has 0 saturated carbocycles. The monoisotopic (exact) mass is 413 g/mol. The maximum Gasteiger partial charge on any atom is 0.271 e. The molecule has 7 nitrogen and oxygen atoms in total. The predicted molar refractivity (Wildman–Crippen MR) is 107 cm³/mol. The third-order valence-electron chi connectivity index (χ3n) is 4.60. The molecule has 8 heteroatoms. The van der Waals surface area contributed by atoms with E-state index < -0.39 is 5.91 Å². The van der Waals surface area contributed by atoms with E-state index in [4.69, 9.17) is 11.6 Å². The number of rotatable bonds is 7. The van der Waals surface area contributed by atoms with E-state index >= 15 is 0 Å². The summed E-state index contributed by atoms with van der Waals surface area (Å²) in [7, 11) is 0. The molecule has 1 aliphatic rings. The van der Waals surface area contributed by atoms with Crippen molar-refractivity contribution in [2.75, 3.05) is 6.54 Å². The molecule has 0 spiro atoms. The van der Waals surface area contributed by atoms with Crippen LogP contribution in [0.25, 0.3) is 0 Å². The second-order valence-electron chi connectivity index (χ2n) is 6.60. The molecule has 0 fully saturated rings. The maximum absolute atomic E-state index is 12.3. The lowest BCUT2D eigenvalue weighted by atomic mass is 10.1. The van der Waals surface area contributed by atoms with E-state index in [-0.39, 0.29) is 29.7 Å². The number of halogens is 1. The molecule has 0 aromatic heterocycles. The zero-order valence-corrected chi connectivity index (χ0v) is 16.4. The minimum Gasteiger partial charge on any atom is -0.274 e. The van der Waals surface area contributed by atoms with Crippen molar-refractivity contribution in [1.29, 1.82) is 0 Å². The summed E-state index contributed by atoms with van der Waals surface area (Å²) in [4.78, 5) is 49.6. The van der Waals surface area contributed by atoms with Crippen molar-refractivity contribution < 1.29 is 19.2 Å². The van der Waals surface area contributed by atoms with Gasteiger partial charge < -0.3 is 0 Å². The van der Waals surface area contributed by atoms with Crippen LogP contribution in [0.1, 0.15) is 56.8 Å². The number of hydrazine groups is 1. The molecule has 0 unspecified atom stereocenters. The van der Waals surface area contributed by atoms with E-state index in [1.54, 1.807) is 48.5 Å². The number of carbonyl (C=O) groups is 4. The van der Waals surface area contributed by atoms with Gasteiger partial charge >= 0.3 is 0 Å². The van der Waals surface area contributed by atoms with Gasteiger partial charge in [0.2, 0.25) is 5.91 Å². The molecule has 1 aliphatic heterocycles. The van der Waals surface area contributed by atoms with Crippen LogP contribution in [-0.4, -0.2) is 35.1 Å². The van der Waals surface area contributed by atoms with Crippen molar-refractivity contribution in [3.05, 3.63) is 70.2 Å². The highest BCUT2D eigenvalue weighted by atomic mass is 35.5. The topological polar surface area (TPSA) is 95.6 Å². The molecule has 2 N–H and O–H groups in total. The average Bonchev–Trinajstić information content (AvgIpc) is 2.97. The summed E-state index contributed by atoms with van der Waals surface area (Å²) in [5, 5.41) is 0.299. The molecule has 1 heterocycles. The van der Waals surface area contributed by atoms with Crippen LogP contribution in [0, 0.1) is 0 Å². The molecule has 2 aromatic carbocycles. The Bertz CT molecular complexity index is 925. The van der Waals surface area contributed by atoms with Gasteiger partial charge in [-0.25, -0.2) is 0 Å². The largest absolute Gasteiger partial charge is 0.274 e. The van der Waals surface area contributed by atoms with Crippen molar-refractivity contribution >= 4 is 35.2 Å². The number of hydrogen-bond donors (Lipinski definition) is 2. The number of amides is 4. The zero-order valence-electron chi connectivity index (χ0n) is 15.6. The lowest BCUT2D eigenvalue weighted by molar-refractivity contribution is -0.122. The van der Waals surface area contributed by atoms with E-state index in [0.717, 1.165) is 0 Å². The van der Waals surface area contributed by atoms with Crippen LogP contribution < -0.4 is 10.9 Å². The minimum absolute atomic E-state index is 0.213. The van der Waals surface area contributed by atoms with Crippen LogP contribution in [0.2, 0.25) is 5.02 Å². The Morgan fingerprint density at radius 3 is 2.10 bits per heavy atom. The third kappa shape index (κ3) is 4.81. The quantitative estimate of drug-likeness (QED) is 0.414. The predicted octanol–water partition coefficient (Wildman–Crippen LogP) is 2.96. The molecule has 0 aliphatic carbocycles. The average molecular weight is 414 g/mol. The van der Waals surface area contributed by atoms with Crippen LogP contribution in [0.4, 0.5) is 0 Å². The summed E-state index contributed by atoms with van der Waals surface area (Å²) < 4.78 is 0. The van der Waals surface area contributed by atoms with Gasteiger partial charge in [-0.2, -0.15) is 0 Å². The molecule has 2 aromatic rings. The Morgan fingerprint density at radius 2 is 1.45 bits per heavy atom. The summed E-state index contributed by atoms with van der Waals surface area (Å²) in [5.74, 6) is -1.36. The van der Waals surface area contributed by atoms with Gasteiger partial charge in [0, 0.05) is 13.0 Å². The SMILES string of the molecule is O=C(CCCCCN1C(=O)c2ccccc2C1=O)NNC(=O)c1ccccc1Cl. The number of carbonyl (C=O) groups excluding carboxylic acids is 4. The first-order valence-corrected chi connectivity index (χ1v) is 9.66. The fourth-order valence-corrected chi connectivity index (χ4v) is 3.30. The van der Waals surface area contributed by atoms with Crippen LogP contribution in [0.5, 0.6) is 0 Å². The number of imide groups is 1. The number of nitrogens with zero attached hydrogens (tertiary/aromatic N) is 1. The maximum atomic E-state index is 12.3. The third-order valence-corrected chi connectivity index (χ3v) is 4.93. The van der Waals surface area contributed by atoms with Crippen molar-refractivity contribution in [2.24, 2.45) is 0 Å². The van der Waals surface area contributed by atoms with Gasteiger partial charge in [-0.05, 0) is 37.1 Å². The number of unbranched alkanes of at least 4 members (excludes halogenated alkanes) is 2. The summed E-state index contributed by atoms with van der Waals surface area (Å²) >= 11 is 5.93. The van der Waals surface area contributed by atoms with E-state index in [2.05, 4.69) is 10.9 Å². The van der Waals surface area contributed by atoms with Crippen molar-refractivity contribution in [1.82, 2.24) is 15.8 Å². The highest BCUT2D eigenvalue weighted by molar-refractivity contribution is 6.33. The van der Waals surface area contributed by atoms with Crippen LogP contribution >= 0.6 is 11.6 Å². The highest BCUT2D eigenvalue weighted by Crippen LogP contribution is 2.22. The molecule has 0 saturated heterocycles. The molecule has 0 bridgehead atoms. The summed E-state index contributed by atoms with van der Waals surface area (Å²) in [6.07, 6.45) is 2.05. The Morgan fingerprint density at radius 1 is 0.828 bits per heavy atom. The minimum atomic E-state index is -0.491. The number of fused-ring (bicyclic) bond motifs is 1. The number of benzene rings is 2. The fourth-order valence-electron chi connectivity index (χ4n) is 3.08. The first-order chi connectivity index (χ1) is 14.0. The normalized spacial score (nSPS) is 12.7. The molecular formula is C21H20ClN3O4. The first-order valence-electron chi connectivity index (χ1n) is 9.28. The van der Waals surface area contributed by atoms with Crippen LogP contribution in [0.15, 0.2) is 48.5 Å². The van der Waals surface area contributed by atoms with Gasteiger partial charge in [-0.1, -0.05) is 42.3 Å². The van der Waals surface area contributed by atoms with Gasteiger partial charge in [-0.3, -0.25) is 34.9 Å². The Kier molecular flexibility index (Phi) is 6.61. The summed E-state index contributed by atoms with van der Waals surface area (Å²) in [5.41, 5.74) is 5.82. The fraction of sp³-hybridized carbons (Fsp3) is 0.238. The lowest BCUT2D eigenvalue weighted by Crippen LogP contribution is -2.41. The van der Waals surface area contributed by atoms with E-state index in [1.807, 2.05) is 0 Å². The second kappa shape index (κ2) is 9.34. The lowest BCUT2D eigenvalue weighted by Gasteiger charge is -2.13. The molecule has 150 valence electrons. The van der Waals surface area contributed by atoms with Gasteiger partial charge in [0.25, 0.3) is 17.7 Å². The first kappa shape index (κ1) is 20.5. The number of nitrogens with one attached hydrogen (secondary N) is 2.